The monoisotopic (exact) mass is 708 g/mol. The van der Waals surface area contributed by atoms with Crippen molar-refractivity contribution in [3.05, 3.63) is 170 Å². The molecule has 0 fully saturated rings. The number of fused-ring (bicyclic) bond motifs is 11. The van der Waals surface area contributed by atoms with Gasteiger partial charge in [0.25, 0.3) is 0 Å². The van der Waals surface area contributed by atoms with Crippen molar-refractivity contribution >= 4 is 114 Å². The molecule has 3 aromatic heterocycles. The Labute approximate surface area is 312 Å². The van der Waals surface area contributed by atoms with Crippen LogP contribution in [0, 0.1) is 0 Å². The highest BCUT2D eigenvalue weighted by atomic mass is 32.1. The Balaban J connectivity index is 1.04. The fraction of sp³-hybridized carbons (Fsp3) is 0. The van der Waals surface area contributed by atoms with Gasteiger partial charge in [-0.1, -0.05) is 97.1 Å². The predicted octanol–water partition coefficient (Wildman–Crippen LogP) is 14.7. The van der Waals surface area contributed by atoms with Crippen molar-refractivity contribution in [3.8, 4) is 11.5 Å². The molecule has 0 bridgehead atoms. The van der Waals surface area contributed by atoms with Gasteiger partial charge in [0, 0.05) is 65.0 Å². The summed E-state index contributed by atoms with van der Waals surface area (Å²) in [6.07, 6.45) is 0. The maximum Gasteiger partial charge on any atom is 0.228 e. The van der Waals surface area contributed by atoms with Gasteiger partial charge in [0.1, 0.15) is 16.7 Å². The lowest BCUT2D eigenvalue weighted by Crippen LogP contribution is -2.09. The van der Waals surface area contributed by atoms with Crippen LogP contribution in [0.1, 0.15) is 0 Å². The number of hydrogen-bond donors (Lipinski definition) is 0. The van der Waals surface area contributed by atoms with E-state index in [0.29, 0.717) is 5.89 Å². The van der Waals surface area contributed by atoms with Gasteiger partial charge in [-0.15, -0.1) is 11.3 Å². The fourth-order valence-electron chi connectivity index (χ4n) is 8.26. The molecule has 12 aromatic rings. The largest absolute Gasteiger partial charge is 0.456 e. The topological polar surface area (TPSA) is 42.4 Å². The third-order valence-electron chi connectivity index (χ3n) is 10.8. The van der Waals surface area contributed by atoms with Crippen molar-refractivity contribution in [1.82, 2.24) is 4.98 Å². The molecular weight excluding hydrogens is 681 g/mol. The molecule has 3 heterocycles. The molecule has 4 nitrogen and oxygen atoms in total. The molecule has 0 unspecified atom stereocenters. The van der Waals surface area contributed by atoms with Crippen LogP contribution in [0.4, 0.5) is 17.1 Å². The van der Waals surface area contributed by atoms with Crippen LogP contribution in [-0.4, -0.2) is 4.98 Å². The standard InChI is InChI=1S/C49H28N2O2S/c1-2-10-31-24-34(18-16-29(31)8-1)51(36-19-21-38-41-25-32-11-3-4-12-33(32)26-45(41)54-46(38)28-36)35-20-22-39-44(27-35)52-42-15-7-14-40(47(39)42)49-50-48-37-13-6-5-9-30(37)17-23-43(48)53-49/h1-28H. The van der Waals surface area contributed by atoms with Crippen LogP contribution in [0.3, 0.4) is 0 Å². The number of anilines is 3. The summed E-state index contributed by atoms with van der Waals surface area (Å²) in [6, 6.07) is 60.4. The molecule has 0 aliphatic rings. The minimum atomic E-state index is 0.584. The average Bonchev–Trinajstić information content (AvgIpc) is 3.93. The number of nitrogens with zero attached hydrogens (tertiary/aromatic N) is 2. The lowest BCUT2D eigenvalue weighted by atomic mass is 10.0. The number of aromatic nitrogens is 1. The number of furan rings is 1. The van der Waals surface area contributed by atoms with Gasteiger partial charge in [0.15, 0.2) is 5.58 Å². The van der Waals surface area contributed by atoms with Crippen molar-refractivity contribution in [2.24, 2.45) is 0 Å². The summed E-state index contributed by atoms with van der Waals surface area (Å²) in [5, 5.41) is 11.7. The van der Waals surface area contributed by atoms with Gasteiger partial charge in [0.2, 0.25) is 5.89 Å². The highest BCUT2D eigenvalue weighted by Crippen LogP contribution is 2.45. The second-order valence-corrected chi connectivity index (χ2v) is 15.0. The SMILES string of the molecule is c1ccc2cc(N(c3ccc4c(c3)oc3cccc(-c5nc6c(ccc7ccccc76)o5)c34)c3ccc4c(c3)sc3cc5ccccc5cc34)ccc2c1. The van der Waals surface area contributed by atoms with Gasteiger partial charge in [-0.2, -0.15) is 0 Å². The van der Waals surface area contributed by atoms with Crippen LogP contribution in [0.5, 0.6) is 0 Å². The lowest BCUT2D eigenvalue weighted by Gasteiger charge is -2.26. The first-order valence-corrected chi connectivity index (χ1v) is 18.9. The lowest BCUT2D eigenvalue weighted by molar-refractivity contribution is 0.620. The van der Waals surface area contributed by atoms with Gasteiger partial charge in [-0.25, -0.2) is 4.98 Å². The van der Waals surface area contributed by atoms with Crippen LogP contribution in [-0.2, 0) is 0 Å². The van der Waals surface area contributed by atoms with Crippen LogP contribution in [0.25, 0.3) is 97.0 Å². The molecule has 0 saturated heterocycles. The molecule has 0 N–H and O–H groups in total. The molecule has 0 saturated carbocycles. The van der Waals surface area contributed by atoms with E-state index in [9.17, 15) is 0 Å². The quantitative estimate of drug-likeness (QED) is 0.183. The van der Waals surface area contributed by atoms with Crippen molar-refractivity contribution in [3.63, 3.8) is 0 Å². The summed E-state index contributed by atoms with van der Waals surface area (Å²) in [6.45, 7) is 0. The first kappa shape index (κ1) is 29.6. The summed E-state index contributed by atoms with van der Waals surface area (Å²) in [5.41, 5.74) is 7.32. The van der Waals surface area contributed by atoms with Crippen LogP contribution >= 0.6 is 11.3 Å². The van der Waals surface area contributed by atoms with Crippen molar-refractivity contribution in [1.29, 1.82) is 0 Å². The molecular formula is C49H28N2O2S. The van der Waals surface area contributed by atoms with Gasteiger partial charge >= 0.3 is 0 Å². The molecule has 0 aliphatic carbocycles. The third-order valence-corrected chi connectivity index (χ3v) is 11.9. The minimum Gasteiger partial charge on any atom is -0.456 e. The van der Waals surface area contributed by atoms with E-state index in [-0.39, 0.29) is 0 Å². The highest BCUT2D eigenvalue weighted by molar-refractivity contribution is 7.25. The number of thiophene rings is 1. The molecule has 12 rings (SSSR count). The van der Waals surface area contributed by atoms with E-state index in [2.05, 4.69) is 144 Å². The summed E-state index contributed by atoms with van der Waals surface area (Å²) in [5.74, 6) is 0.584. The zero-order valence-corrected chi connectivity index (χ0v) is 29.6. The molecule has 252 valence electrons. The predicted molar refractivity (Wildman–Crippen MR) is 227 cm³/mol. The number of rotatable bonds is 4. The van der Waals surface area contributed by atoms with E-state index in [1.807, 2.05) is 41.7 Å². The van der Waals surface area contributed by atoms with E-state index in [1.54, 1.807) is 0 Å². The molecule has 5 heteroatoms. The second kappa shape index (κ2) is 11.3. The zero-order chi connectivity index (χ0) is 35.3. The Bertz CT molecular complexity index is 3480. The van der Waals surface area contributed by atoms with Gasteiger partial charge in [-0.3, -0.25) is 0 Å². The number of benzene rings is 9. The number of hydrogen-bond acceptors (Lipinski definition) is 5. The molecule has 54 heavy (non-hydrogen) atoms. The Hall–Kier alpha value is -6.95. The molecule has 0 radical (unpaired) electrons. The highest BCUT2D eigenvalue weighted by Gasteiger charge is 2.21. The van der Waals surface area contributed by atoms with Gasteiger partial charge < -0.3 is 13.7 Å². The smallest absolute Gasteiger partial charge is 0.228 e. The van der Waals surface area contributed by atoms with E-state index in [0.717, 1.165) is 66.4 Å². The Morgan fingerprint density at radius 3 is 1.94 bits per heavy atom. The summed E-state index contributed by atoms with van der Waals surface area (Å²) in [4.78, 5) is 7.38. The van der Waals surface area contributed by atoms with Crippen LogP contribution in [0.2, 0.25) is 0 Å². The summed E-state index contributed by atoms with van der Waals surface area (Å²) >= 11 is 1.85. The summed E-state index contributed by atoms with van der Waals surface area (Å²) < 4.78 is 15.6. The minimum absolute atomic E-state index is 0.584. The second-order valence-electron chi connectivity index (χ2n) is 14.0. The zero-order valence-electron chi connectivity index (χ0n) is 28.8. The van der Waals surface area contributed by atoms with E-state index in [1.165, 1.54) is 41.7 Å². The van der Waals surface area contributed by atoms with Gasteiger partial charge in [0.05, 0.1) is 0 Å². The fourth-order valence-corrected chi connectivity index (χ4v) is 9.43. The first-order valence-electron chi connectivity index (χ1n) is 18.1. The molecule has 0 aliphatic heterocycles. The Kier molecular flexibility index (Phi) is 6.18. The maximum absolute atomic E-state index is 6.65. The van der Waals surface area contributed by atoms with Crippen molar-refractivity contribution in [2.45, 2.75) is 0 Å². The van der Waals surface area contributed by atoms with Crippen LogP contribution < -0.4 is 4.90 Å². The van der Waals surface area contributed by atoms with Crippen molar-refractivity contribution < 1.29 is 8.83 Å². The van der Waals surface area contributed by atoms with Crippen molar-refractivity contribution in [2.75, 3.05) is 4.90 Å². The van der Waals surface area contributed by atoms with Crippen LogP contribution in [0.15, 0.2) is 179 Å². The molecule has 0 amide bonds. The van der Waals surface area contributed by atoms with E-state index < -0.39 is 0 Å². The normalized spacial score (nSPS) is 12.1. The molecule has 9 aromatic carbocycles. The molecule has 0 spiro atoms. The number of oxazole rings is 1. The maximum atomic E-state index is 6.65. The molecule has 0 atom stereocenters. The van der Waals surface area contributed by atoms with E-state index in [4.69, 9.17) is 13.8 Å². The Morgan fingerprint density at radius 2 is 1.07 bits per heavy atom. The third kappa shape index (κ3) is 4.46. The Morgan fingerprint density at radius 1 is 0.407 bits per heavy atom. The van der Waals surface area contributed by atoms with E-state index >= 15 is 0 Å². The first-order chi connectivity index (χ1) is 26.7. The van der Waals surface area contributed by atoms with Gasteiger partial charge in [-0.05, 0) is 93.7 Å². The average molecular weight is 709 g/mol. The summed E-state index contributed by atoms with van der Waals surface area (Å²) in [7, 11) is 0.